The van der Waals surface area contributed by atoms with Gasteiger partial charge in [-0.1, -0.05) is 30.3 Å². The molecule has 1 aliphatic rings. The maximum atomic E-state index is 12.6. The maximum absolute atomic E-state index is 12.6. The van der Waals surface area contributed by atoms with E-state index in [1.807, 2.05) is 54.7 Å². The van der Waals surface area contributed by atoms with Gasteiger partial charge in [0.15, 0.2) is 0 Å². The molecule has 0 aliphatic carbocycles. The van der Waals surface area contributed by atoms with Crippen molar-refractivity contribution in [3.8, 4) is 5.75 Å². The van der Waals surface area contributed by atoms with Crippen LogP contribution in [0.1, 0.15) is 47.6 Å². The lowest BCUT2D eigenvalue weighted by atomic mass is 10.0. The van der Waals surface area contributed by atoms with E-state index in [2.05, 4.69) is 21.4 Å². The Morgan fingerprint density at radius 2 is 1.94 bits per heavy atom. The van der Waals surface area contributed by atoms with E-state index in [0.717, 1.165) is 62.8 Å². The highest BCUT2D eigenvalue weighted by atomic mass is 16.5. The van der Waals surface area contributed by atoms with Gasteiger partial charge in [0.2, 0.25) is 0 Å². The van der Waals surface area contributed by atoms with Gasteiger partial charge in [-0.15, -0.1) is 0 Å². The Kier molecular flexibility index (Phi) is 5.38. The fourth-order valence-corrected chi connectivity index (χ4v) is 4.16. The highest BCUT2D eigenvalue weighted by Crippen LogP contribution is 2.31. The average molecular weight is 442 g/mol. The predicted octanol–water partition coefficient (Wildman–Crippen LogP) is 4.71. The molecule has 0 bridgehead atoms. The number of aryl methyl sites for hydroxylation is 1. The number of fused-ring (bicyclic) bond motifs is 5. The number of hydrogen-bond acceptors (Lipinski definition) is 4. The highest BCUT2D eigenvalue weighted by Gasteiger charge is 2.21. The van der Waals surface area contributed by atoms with Crippen LogP contribution in [0.3, 0.4) is 0 Å². The van der Waals surface area contributed by atoms with Crippen molar-refractivity contribution in [2.24, 2.45) is 0 Å². The molecule has 0 radical (unpaired) electrons. The lowest BCUT2D eigenvalue weighted by Gasteiger charge is -2.17. The fourth-order valence-electron chi connectivity index (χ4n) is 4.16. The van der Waals surface area contributed by atoms with E-state index in [0.29, 0.717) is 6.54 Å². The third-order valence-electron chi connectivity index (χ3n) is 5.81. The lowest BCUT2D eigenvalue weighted by molar-refractivity contribution is 0.0285. The number of ether oxygens (including phenoxy) is 1. The second kappa shape index (κ2) is 8.37. The molecule has 2 aromatic heterocycles. The van der Waals surface area contributed by atoms with Gasteiger partial charge in [-0.2, -0.15) is 0 Å². The van der Waals surface area contributed by atoms with Gasteiger partial charge in [-0.3, -0.25) is 9.78 Å². The maximum Gasteiger partial charge on any atom is 0.253 e. The van der Waals surface area contributed by atoms with Gasteiger partial charge in [0, 0.05) is 34.6 Å². The Hall–Kier alpha value is -3.64. The number of H-pyrrole nitrogens is 1. The van der Waals surface area contributed by atoms with Crippen LogP contribution in [0.2, 0.25) is 0 Å². The molecule has 0 saturated heterocycles. The van der Waals surface area contributed by atoms with Crippen LogP contribution in [0.5, 0.6) is 5.75 Å². The molecule has 1 aliphatic heterocycles. The van der Waals surface area contributed by atoms with Crippen molar-refractivity contribution >= 4 is 39.7 Å². The standard InChI is InChI=1S/C27H27N3O3/c1-27(2,32)16-33-20-10-6-17(7-11-20)5-9-19-14-22-18(15-29-19)8-12-21-24-23(30-25(21)22)4-3-13-28-26(24)31/h5-12,14-15,30,32H,3-4,13,16H2,1-2H3,(H,28,31). The smallest absolute Gasteiger partial charge is 0.253 e. The Balaban J connectivity index is 1.43. The third-order valence-corrected chi connectivity index (χ3v) is 5.81. The summed E-state index contributed by atoms with van der Waals surface area (Å²) in [5.74, 6) is 0.716. The van der Waals surface area contributed by atoms with Gasteiger partial charge >= 0.3 is 0 Å². The Bertz CT molecular complexity index is 1360. The third kappa shape index (κ3) is 4.47. The molecular formula is C27H27N3O3. The number of nitrogens with one attached hydrogen (secondary N) is 2. The summed E-state index contributed by atoms with van der Waals surface area (Å²) in [6, 6.07) is 13.8. The zero-order chi connectivity index (χ0) is 23.0. The molecule has 0 fully saturated rings. The van der Waals surface area contributed by atoms with Crippen molar-refractivity contribution in [3.63, 3.8) is 0 Å². The number of aliphatic hydroxyl groups is 1. The quantitative estimate of drug-likeness (QED) is 0.419. The second-order valence-corrected chi connectivity index (χ2v) is 9.16. The molecule has 2 aromatic carbocycles. The summed E-state index contributed by atoms with van der Waals surface area (Å²) in [4.78, 5) is 20.7. The normalized spacial score (nSPS) is 14.5. The Morgan fingerprint density at radius 3 is 2.73 bits per heavy atom. The summed E-state index contributed by atoms with van der Waals surface area (Å²) in [7, 11) is 0. The van der Waals surface area contributed by atoms with Crippen molar-refractivity contribution in [1.82, 2.24) is 15.3 Å². The predicted molar refractivity (Wildman–Crippen MR) is 131 cm³/mol. The summed E-state index contributed by atoms with van der Waals surface area (Å²) < 4.78 is 5.61. The van der Waals surface area contributed by atoms with Crippen molar-refractivity contribution in [2.75, 3.05) is 13.2 Å². The van der Waals surface area contributed by atoms with E-state index in [1.54, 1.807) is 13.8 Å². The van der Waals surface area contributed by atoms with Gasteiger partial charge in [0.1, 0.15) is 12.4 Å². The molecule has 0 spiro atoms. The second-order valence-electron chi connectivity index (χ2n) is 9.16. The van der Waals surface area contributed by atoms with Crippen LogP contribution in [0, 0.1) is 0 Å². The van der Waals surface area contributed by atoms with Crippen LogP contribution >= 0.6 is 0 Å². The molecule has 168 valence electrons. The monoisotopic (exact) mass is 441 g/mol. The van der Waals surface area contributed by atoms with Crippen molar-refractivity contribution in [2.45, 2.75) is 32.3 Å². The van der Waals surface area contributed by atoms with Crippen molar-refractivity contribution in [3.05, 3.63) is 71.2 Å². The number of carbonyl (C=O) groups excluding carboxylic acids is 1. The molecule has 4 aromatic rings. The van der Waals surface area contributed by atoms with Crippen LogP contribution in [0.25, 0.3) is 33.8 Å². The Morgan fingerprint density at radius 1 is 1.12 bits per heavy atom. The first kappa shape index (κ1) is 21.2. The summed E-state index contributed by atoms with van der Waals surface area (Å²) in [6.45, 7) is 4.38. The van der Waals surface area contributed by atoms with E-state index in [9.17, 15) is 9.90 Å². The topological polar surface area (TPSA) is 87.2 Å². The van der Waals surface area contributed by atoms with Crippen molar-refractivity contribution < 1.29 is 14.6 Å². The van der Waals surface area contributed by atoms with Gasteiger partial charge < -0.3 is 20.1 Å². The molecule has 1 amide bonds. The van der Waals surface area contributed by atoms with Gasteiger partial charge in [-0.05, 0) is 56.5 Å². The molecule has 3 heterocycles. The number of nitrogens with zero attached hydrogens (tertiary/aromatic N) is 1. The molecule has 5 rings (SSSR count). The summed E-state index contributed by atoms with van der Waals surface area (Å²) in [5, 5.41) is 15.8. The van der Waals surface area contributed by atoms with E-state index < -0.39 is 5.60 Å². The van der Waals surface area contributed by atoms with E-state index in [4.69, 9.17) is 4.74 Å². The SMILES string of the molecule is CC(C)(O)COc1ccc(C=Cc2cc3c(ccc4c5c([nH]c43)CCCNC5=O)cn2)cc1. The molecule has 33 heavy (non-hydrogen) atoms. The zero-order valence-corrected chi connectivity index (χ0v) is 18.8. The average Bonchev–Trinajstić information content (AvgIpc) is 3.08. The summed E-state index contributed by atoms with van der Waals surface area (Å²) >= 11 is 0. The van der Waals surface area contributed by atoms with Gasteiger partial charge in [0.05, 0.1) is 22.4 Å². The first-order valence-electron chi connectivity index (χ1n) is 11.2. The minimum atomic E-state index is -0.868. The van der Waals surface area contributed by atoms with E-state index in [1.165, 1.54) is 0 Å². The lowest BCUT2D eigenvalue weighted by Crippen LogP contribution is -2.27. The molecule has 0 saturated carbocycles. The number of carbonyl (C=O) groups is 1. The summed E-state index contributed by atoms with van der Waals surface area (Å²) in [5.41, 5.74) is 3.76. The fraction of sp³-hybridized carbons (Fsp3) is 0.259. The van der Waals surface area contributed by atoms with Gasteiger partial charge in [0.25, 0.3) is 5.91 Å². The number of hydrogen-bond donors (Lipinski definition) is 3. The minimum absolute atomic E-state index is 0.00254. The Labute approximate surface area is 192 Å². The number of benzene rings is 2. The van der Waals surface area contributed by atoms with Crippen LogP contribution in [0.4, 0.5) is 0 Å². The van der Waals surface area contributed by atoms with E-state index in [-0.39, 0.29) is 12.5 Å². The zero-order valence-electron chi connectivity index (χ0n) is 18.8. The van der Waals surface area contributed by atoms with Crippen molar-refractivity contribution in [1.29, 1.82) is 0 Å². The molecule has 0 atom stereocenters. The van der Waals surface area contributed by atoms with Crippen LogP contribution < -0.4 is 10.1 Å². The summed E-state index contributed by atoms with van der Waals surface area (Å²) in [6.07, 6.45) is 7.64. The molecule has 3 N–H and O–H groups in total. The van der Waals surface area contributed by atoms with Crippen LogP contribution in [-0.4, -0.2) is 39.7 Å². The first-order chi connectivity index (χ1) is 15.9. The molecule has 0 unspecified atom stereocenters. The highest BCUT2D eigenvalue weighted by molar-refractivity contribution is 6.15. The minimum Gasteiger partial charge on any atom is -0.491 e. The number of amides is 1. The van der Waals surface area contributed by atoms with E-state index >= 15 is 0 Å². The number of aromatic amines is 1. The van der Waals surface area contributed by atoms with Crippen LogP contribution in [0.15, 0.2) is 48.7 Å². The number of aromatic nitrogens is 2. The van der Waals surface area contributed by atoms with Gasteiger partial charge in [-0.25, -0.2) is 0 Å². The van der Waals surface area contributed by atoms with Crippen LogP contribution in [-0.2, 0) is 6.42 Å². The molecule has 6 heteroatoms. The number of rotatable bonds is 5. The first-order valence-corrected chi connectivity index (χ1v) is 11.2. The largest absolute Gasteiger partial charge is 0.491 e. The number of pyridine rings is 1. The molecular weight excluding hydrogens is 414 g/mol. The molecule has 6 nitrogen and oxygen atoms in total.